The molecule has 0 saturated carbocycles. The van der Waals surface area contributed by atoms with Crippen LogP contribution in [0, 0.1) is 0 Å². The van der Waals surface area contributed by atoms with Crippen molar-refractivity contribution >= 4 is 11.6 Å². The average Bonchev–Trinajstić information content (AvgIpc) is 2.88. The Morgan fingerprint density at radius 3 is 1.31 bits per heavy atom. The van der Waals surface area contributed by atoms with Gasteiger partial charge in [-0.25, -0.2) is 0 Å². The summed E-state index contributed by atoms with van der Waals surface area (Å²) in [5.41, 5.74) is 1.22. The molecule has 198 valence electrons. The fraction of sp³-hybridized carbons (Fsp3) is 0.533. The number of hydrogen-bond acceptors (Lipinski definition) is 6. The van der Waals surface area contributed by atoms with Gasteiger partial charge in [-0.15, -0.1) is 0 Å². The van der Waals surface area contributed by atoms with E-state index in [1.54, 1.807) is 12.1 Å². The first kappa shape index (κ1) is 29.2. The van der Waals surface area contributed by atoms with Gasteiger partial charge in [0.15, 0.2) is 34.6 Å². The molecule has 0 radical (unpaired) electrons. The quantitative estimate of drug-likeness (QED) is 0.170. The number of phenolic OH excluding ortho intramolecular Hbond substituents is 2. The topological polar surface area (TPSA) is 93.1 Å². The second-order valence-corrected chi connectivity index (χ2v) is 9.32. The Kier molecular flexibility index (Phi) is 12.3. The van der Waals surface area contributed by atoms with Gasteiger partial charge in [0.2, 0.25) is 0 Å². The molecule has 0 fully saturated rings. The van der Waals surface area contributed by atoms with Gasteiger partial charge in [-0.1, -0.05) is 65.2 Å². The van der Waals surface area contributed by atoms with Crippen molar-refractivity contribution in [1.82, 2.24) is 0 Å². The van der Waals surface area contributed by atoms with Crippen molar-refractivity contribution < 1.29 is 29.3 Å². The Hall–Kier alpha value is -3.02. The van der Waals surface area contributed by atoms with Gasteiger partial charge in [-0.05, 0) is 37.1 Å². The summed E-state index contributed by atoms with van der Waals surface area (Å²) < 4.78 is 10.7. The monoisotopic (exact) mass is 498 g/mol. The van der Waals surface area contributed by atoms with Crippen LogP contribution in [0.15, 0.2) is 24.3 Å². The molecule has 0 atom stereocenters. The van der Waals surface area contributed by atoms with Crippen LogP contribution in [-0.4, -0.2) is 36.0 Å². The first-order valence-electron chi connectivity index (χ1n) is 13.3. The molecule has 2 N–H and O–H groups in total. The number of ether oxygens (including phenoxy) is 2. The number of unbranched alkanes of at least 4 members (excludes halogenated alkanes) is 8. The number of Topliss-reactive ketones (excluding diaryl/α,β-unsaturated/α-hetero) is 2. The lowest BCUT2D eigenvalue weighted by Crippen LogP contribution is -2.03. The summed E-state index contributed by atoms with van der Waals surface area (Å²) in [6.07, 6.45) is 11.1. The summed E-state index contributed by atoms with van der Waals surface area (Å²) in [7, 11) is 2.83. The molecule has 0 aromatic heterocycles. The molecule has 0 bridgehead atoms. The fourth-order valence-corrected chi connectivity index (χ4v) is 4.33. The minimum Gasteiger partial charge on any atom is -0.504 e. The highest BCUT2D eigenvalue weighted by atomic mass is 16.5. The van der Waals surface area contributed by atoms with E-state index < -0.39 is 0 Å². The van der Waals surface area contributed by atoms with E-state index in [9.17, 15) is 19.8 Å². The van der Waals surface area contributed by atoms with Crippen molar-refractivity contribution in [3.63, 3.8) is 0 Å². The molecule has 0 aliphatic rings. The zero-order chi connectivity index (χ0) is 26.5. The van der Waals surface area contributed by atoms with E-state index in [4.69, 9.17) is 9.47 Å². The normalized spacial score (nSPS) is 10.9. The third kappa shape index (κ3) is 8.00. The maximum Gasteiger partial charge on any atom is 0.165 e. The van der Waals surface area contributed by atoms with Gasteiger partial charge in [0.05, 0.1) is 14.2 Å². The van der Waals surface area contributed by atoms with Crippen LogP contribution in [0.4, 0.5) is 0 Å². The molecule has 6 heteroatoms. The van der Waals surface area contributed by atoms with Crippen molar-refractivity contribution in [3.8, 4) is 34.1 Å². The molecule has 6 nitrogen and oxygen atoms in total. The van der Waals surface area contributed by atoms with Gasteiger partial charge >= 0.3 is 0 Å². The maximum absolute atomic E-state index is 12.9. The van der Waals surface area contributed by atoms with Gasteiger partial charge in [0.1, 0.15) is 0 Å². The maximum atomic E-state index is 12.9. The molecule has 0 heterocycles. The first-order valence-corrected chi connectivity index (χ1v) is 13.3. The Morgan fingerprint density at radius 2 is 0.972 bits per heavy atom. The van der Waals surface area contributed by atoms with Crippen LogP contribution in [0.5, 0.6) is 23.0 Å². The fourth-order valence-electron chi connectivity index (χ4n) is 4.33. The van der Waals surface area contributed by atoms with Crippen molar-refractivity contribution in [2.24, 2.45) is 0 Å². The van der Waals surface area contributed by atoms with Crippen LogP contribution >= 0.6 is 0 Å². The van der Waals surface area contributed by atoms with Crippen molar-refractivity contribution in [2.45, 2.75) is 90.9 Å². The Balaban J connectivity index is 2.38. The number of aromatic hydroxyl groups is 2. The molecule has 0 spiro atoms. The van der Waals surface area contributed by atoms with Crippen LogP contribution in [-0.2, 0) is 0 Å². The molecule has 2 rings (SSSR count). The van der Waals surface area contributed by atoms with Crippen LogP contribution in [0.3, 0.4) is 0 Å². The molecule has 0 saturated heterocycles. The zero-order valence-corrected chi connectivity index (χ0v) is 22.3. The highest BCUT2D eigenvalue weighted by Gasteiger charge is 2.22. The van der Waals surface area contributed by atoms with Crippen molar-refractivity contribution in [2.75, 3.05) is 14.2 Å². The standard InChI is InChI=1S/C30H42O6/c1-5-7-9-11-13-15-25(31)21-17-23(29(33)27(19-21)35-3)24-18-22(20-28(36-4)30(24)34)26(32)16-14-12-10-8-6-2/h17-20,33-34H,5-16H2,1-4H3. The van der Waals surface area contributed by atoms with Crippen molar-refractivity contribution in [3.05, 3.63) is 35.4 Å². The molecule has 0 unspecified atom stereocenters. The number of carbonyl (C=O) groups excluding carboxylic acids is 2. The van der Waals surface area contributed by atoms with Gasteiger partial charge in [-0.2, -0.15) is 0 Å². The Morgan fingerprint density at radius 1 is 0.611 bits per heavy atom. The number of phenols is 2. The summed E-state index contributed by atoms with van der Waals surface area (Å²) >= 11 is 0. The van der Waals surface area contributed by atoms with Gasteiger partial charge in [0.25, 0.3) is 0 Å². The van der Waals surface area contributed by atoms with Gasteiger partial charge < -0.3 is 19.7 Å². The predicted octanol–water partition coefficient (Wildman–Crippen LogP) is 7.87. The summed E-state index contributed by atoms with van der Waals surface area (Å²) in [5.74, 6) is -0.272. The van der Waals surface area contributed by atoms with E-state index in [1.165, 1.54) is 26.4 Å². The lowest BCUT2D eigenvalue weighted by molar-refractivity contribution is 0.0970. The lowest BCUT2D eigenvalue weighted by atomic mass is 9.93. The minimum atomic E-state index is -0.210. The molecule has 0 aliphatic heterocycles. The third-order valence-corrected chi connectivity index (χ3v) is 6.54. The highest BCUT2D eigenvalue weighted by Crippen LogP contribution is 2.45. The van der Waals surface area contributed by atoms with Gasteiger partial charge in [-0.3, -0.25) is 9.59 Å². The third-order valence-electron chi connectivity index (χ3n) is 6.54. The Labute approximate surface area is 215 Å². The molecular formula is C30H42O6. The summed E-state index contributed by atoms with van der Waals surface area (Å²) in [5, 5.41) is 21.8. The van der Waals surface area contributed by atoms with Crippen LogP contribution < -0.4 is 9.47 Å². The number of ketones is 2. The second kappa shape index (κ2) is 15.2. The average molecular weight is 499 g/mol. The predicted molar refractivity (Wildman–Crippen MR) is 144 cm³/mol. The second-order valence-electron chi connectivity index (χ2n) is 9.32. The summed E-state index contributed by atoms with van der Waals surface area (Å²) in [4.78, 5) is 25.9. The van der Waals surface area contributed by atoms with E-state index in [1.807, 2.05) is 0 Å². The number of rotatable bonds is 17. The van der Waals surface area contributed by atoms with E-state index in [0.717, 1.165) is 64.2 Å². The SMILES string of the molecule is CCCCCCCC(=O)c1cc(OC)c(O)c(-c2cc(C(=O)CCCCCCC)cc(OC)c2O)c1. The van der Waals surface area contributed by atoms with E-state index in [0.29, 0.717) is 24.0 Å². The highest BCUT2D eigenvalue weighted by molar-refractivity contribution is 6.01. The lowest BCUT2D eigenvalue weighted by Gasteiger charge is -2.16. The molecular weight excluding hydrogens is 456 g/mol. The van der Waals surface area contributed by atoms with Gasteiger partial charge in [0, 0.05) is 35.1 Å². The van der Waals surface area contributed by atoms with Crippen molar-refractivity contribution in [1.29, 1.82) is 0 Å². The summed E-state index contributed by atoms with van der Waals surface area (Å²) in [6.45, 7) is 4.30. The molecule has 2 aromatic rings. The van der Waals surface area contributed by atoms with E-state index in [-0.39, 0.29) is 45.7 Å². The number of hydrogen-bond donors (Lipinski definition) is 2. The number of benzene rings is 2. The molecule has 0 amide bonds. The number of methoxy groups -OCH3 is 2. The largest absolute Gasteiger partial charge is 0.504 e. The molecule has 36 heavy (non-hydrogen) atoms. The van der Waals surface area contributed by atoms with Crippen LogP contribution in [0.2, 0.25) is 0 Å². The first-order chi connectivity index (χ1) is 17.4. The van der Waals surface area contributed by atoms with E-state index in [2.05, 4.69) is 13.8 Å². The van der Waals surface area contributed by atoms with E-state index >= 15 is 0 Å². The molecule has 2 aromatic carbocycles. The van der Waals surface area contributed by atoms with Crippen LogP contribution in [0.25, 0.3) is 11.1 Å². The minimum absolute atomic E-state index is 0.0585. The Bertz CT molecular complexity index is 929. The zero-order valence-electron chi connectivity index (χ0n) is 22.3. The smallest absolute Gasteiger partial charge is 0.165 e. The van der Waals surface area contributed by atoms with Crippen LogP contribution in [0.1, 0.15) is 112 Å². The number of carbonyl (C=O) groups is 2. The summed E-state index contributed by atoms with van der Waals surface area (Å²) in [6, 6.07) is 6.15. The molecule has 0 aliphatic carbocycles.